The van der Waals surface area contributed by atoms with Gasteiger partial charge in [-0.2, -0.15) is 4.39 Å². The summed E-state index contributed by atoms with van der Waals surface area (Å²) in [5.74, 6) is -1.02. The molecule has 7 nitrogen and oxygen atoms in total. The van der Waals surface area contributed by atoms with Gasteiger partial charge in [0.2, 0.25) is 16.9 Å². The molecule has 1 unspecified atom stereocenters. The fourth-order valence-electron chi connectivity index (χ4n) is 5.25. The zero-order valence-corrected chi connectivity index (χ0v) is 21.5. The number of anilines is 1. The number of carbonyl (C=O) groups excluding carboxylic acids is 1. The molecule has 1 N–H and O–H groups in total. The highest BCUT2D eigenvalue weighted by atomic mass is 32.1. The third kappa shape index (κ3) is 5.66. The molecular formula is C28H30FN3O4S. The van der Waals surface area contributed by atoms with Crippen molar-refractivity contribution in [2.75, 3.05) is 12.0 Å². The molecular weight excluding hydrogens is 493 g/mol. The number of amides is 1. The van der Waals surface area contributed by atoms with Crippen LogP contribution in [0.3, 0.4) is 0 Å². The third-order valence-corrected chi connectivity index (χ3v) is 8.07. The van der Waals surface area contributed by atoms with E-state index < -0.39 is 17.0 Å². The van der Waals surface area contributed by atoms with Gasteiger partial charge < -0.3 is 9.84 Å². The van der Waals surface area contributed by atoms with Crippen molar-refractivity contribution in [3.63, 3.8) is 0 Å². The summed E-state index contributed by atoms with van der Waals surface area (Å²) in [6, 6.07) is 10.9. The number of benzene rings is 1. The van der Waals surface area contributed by atoms with E-state index in [-0.39, 0.29) is 24.1 Å². The van der Waals surface area contributed by atoms with Crippen molar-refractivity contribution in [1.29, 1.82) is 0 Å². The number of ether oxygens (including phenoxy) is 1. The van der Waals surface area contributed by atoms with E-state index in [1.54, 1.807) is 30.3 Å². The van der Waals surface area contributed by atoms with Crippen LogP contribution >= 0.6 is 11.3 Å². The maximum atomic E-state index is 15.4. The van der Waals surface area contributed by atoms with E-state index >= 15 is 4.39 Å². The molecule has 2 aliphatic rings. The summed E-state index contributed by atoms with van der Waals surface area (Å²) >= 11 is 0.847. The average Bonchev–Trinajstić information content (AvgIpc) is 3.45. The number of rotatable bonds is 10. The van der Waals surface area contributed by atoms with Crippen LogP contribution in [0.25, 0.3) is 22.4 Å². The zero-order valence-electron chi connectivity index (χ0n) is 20.7. The summed E-state index contributed by atoms with van der Waals surface area (Å²) in [4.78, 5) is 35.9. The van der Waals surface area contributed by atoms with E-state index in [9.17, 15) is 14.7 Å². The number of thiazole rings is 1. The van der Waals surface area contributed by atoms with Gasteiger partial charge in [-0.3, -0.25) is 14.5 Å². The first-order valence-electron chi connectivity index (χ1n) is 12.8. The second-order valence-electron chi connectivity index (χ2n) is 9.87. The third-order valence-electron chi connectivity index (χ3n) is 7.23. The molecule has 2 aliphatic carbocycles. The molecule has 2 saturated carbocycles. The van der Waals surface area contributed by atoms with E-state index in [0.29, 0.717) is 28.9 Å². The van der Waals surface area contributed by atoms with Gasteiger partial charge >= 0.3 is 5.97 Å². The van der Waals surface area contributed by atoms with Crippen LogP contribution in [0.15, 0.2) is 42.6 Å². The van der Waals surface area contributed by atoms with Gasteiger partial charge in [-0.25, -0.2) is 9.97 Å². The van der Waals surface area contributed by atoms with E-state index in [1.165, 1.54) is 0 Å². The lowest BCUT2D eigenvalue weighted by molar-refractivity contribution is -0.141. The van der Waals surface area contributed by atoms with Crippen molar-refractivity contribution in [2.24, 2.45) is 11.8 Å². The number of carboxylic acid groups (broad SMARTS) is 1. The van der Waals surface area contributed by atoms with Crippen molar-refractivity contribution in [1.82, 2.24) is 9.97 Å². The second-order valence-corrected chi connectivity index (χ2v) is 10.8. The smallest absolute Gasteiger partial charge is 0.304 e. The Morgan fingerprint density at radius 2 is 1.86 bits per heavy atom. The van der Waals surface area contributed by atoms with Gasteiger partial charge in [0.25, 0.3) is 0 Å². The highest BCUT2D eigenvalue weighted by Gasteiger charge is 2.40. The predicted molar refractivity (Wildman–Crippen MR) is 140 cm³/mol. The summed E-state index contributed by atoms with van der Waals surface area (Å²) in [6.07, 6.45) is 7.92. The number of hydrogen-bond acceptors (Lipinski definition) is 6. The highest BCUT2D eigenvalue weighted by Crippen LogP contribution is 2.42. The number of nitrogens with zero attached hydrogens (tertiary/aromatic N) is 3. The number of hydrogen-bond donors (Lipinski definition) is 1. The molecule has 0 radical (unpaired) electrons. The molecule has 2 aromatic heterocycles. The monoisotopic (exact) mass is 523 g/mol. The van der Waals surface area contributed by atoms with Crippen LogP contribution in [0.4, 0.5) is 9.52 Å². The minimum Gasteiger partial charge on any atom is -0.481 e. The van der Waals surface area contributed by atoms with E-state index in [2.05, 4.69) is 9.97 Å². The molecule has 3 aromatic rings. The number of carbonyl (C=O) groups is 2. The fourth-order valence-corrected chi connectivity index (χ4v) is 6.14. The van der Waals surface area contributed by atoms with Gasteiger partial charge in [0.15, 0.2) is 5.13 Å². The maximum absolute atomic E-state index is 15.4. The molecule has 9 heteroatoms. The molecule has 37 heavy (non-hydrogen) atoms. The predicted octanol–water partition coefficient (Wildman–Crippen LogP) is 6.19. The summed E-state index contributed by atoms with van der Waals surface area (Å²) in [7, 11) is 1.55. The Labute approximate surface area is 219 Å². The van der Waals surface area contributed by atoms with Gasteiger partial charge in [0, 0.05) is 35.3 Å². The number of carboxylic acids is 1. The number of halogens is 1. The van der Waals surface area contributed by atoms with E-state index in [0.717, 1.165) is 61.0 Å². The Morgan fingerprint density at radius 1 is 1.14 bits per heavy atom. The fraction of sp³-hybridized carbons (Fsp3) is 0.429. The Balaban J connectivity index is 1.47. The number of pyridine rings is 1. The standard InChI is InChI=1S/C28H30FN3O4S/c1-36-23-13-10-18(16-30-23)21-8-4-5-9-22(21)25-26(29)37-28(31-25)32(20-11-12-20)27(35)19(15-24(33)34)14-17-6-2-3-7-17/h4-5,8-10,13,16-17,19-20H,2-3,6-7,11-12,14-15H2,1H3,(H,33,34). The lowest BCUT2D eigenvalue weighted by Gasteiger charge is -2.26. The normalized spacial score (nSPS) is 16.5. The minimum absolute atomic E-state index is 0.0631. The molecule has 0 aliphatic heterocycles. The molecule has 1 amide bonds. The van der Waals surface area contributed by atoms with Crippen LogP contribution in [-0.4, -0.2) is 40.1 Å². The highest BCUT2D eigenvalue weighted by molar-refractivity contribution is 7.14. The van der Waals surface area contributed by atoms with Gasteiger partial charge in [-0.05, 0) is 36.8 Å². The topological polar surface area (TPSA) is 92.6 Å². The molecule has 0 saturated heterocycles. The Bertz CT molecular complexity index is 1270. The largest absolute Gasteiger partial charge is 0.481 e. The van der Waals surface area contributed by atoms with Gasteiger partial charge in [-0.1, -0.05) is 61.3 Å². The Kier molecular flexibility index (Phi) is 7.50. The number of methoxy groups -OCH3 is 1. The number of aliphatic carboxylic acids is 1. The summed E-state index contributed by atoms with van der Waals surface area (Å²) in [6.45, 7) is 0. The molecule has 0 spiro atoms. The molecule has 1 aromatic carbocycles. The van der Waals surface area contributed by atoms with Crippen molar-refractivity contribution in [3.8, 4) is 28.3 Å². The van der Waals surface area contributed by atoms with Crippen LogP contribution in [0.2, 0.25) is 0 Å². The van der Waals surface area contributed by atoms with Crippen LogP contribution in [0.1, 0.15) is 51.4 Å². The SMILES string of the molecule is COc1ccc(-c2ccccc2-c2nc(N(C(=O)C(CC(=O)O)CC3CCCC3)C3CC3)sc2F)cn1. The van der Waals surface area contributed by atoms with Gasteiger partial charge in [0.1, 0.15) is 5.69 Å². The molecule has 1 atom stereocenters. The summed E-state index contributed by atoms with van der Waals surface area (Å²) in [5.41, 5.74) is 2.34. The first-order valence-corrected chi connectivity index (χ1v) is 13.6. The second kappa shape index (κ2) is 11.0. The van der Waals surface area contributed by atoms with Crippen LogP contribution in [0, 0.1) is 17.0 Å². The summed E-state index contributed by atoms with van der Waals surface area (Å²) in [5, 5.41) is 9.34. The lowest BCUT2D eigenvalue weighted by Crippen LogP contribution is -2.39. The van der Waals surface area contributed by atoms with Crippen molar-refractivity contribution in [3.05, 3.63) is 47.7 Å². The molecule has 2 fully saturated rings. The van der Waals surface area contributed by atoms with E-state index in [4.69, 9.17) is 4.74 Å². The average molecular weight is 524 g/mol. The quantitative estimate of drug-likeness (QED) is 0.341. The lowest BCUT2D eigenvalue weighted by atomic mass is 9.90. The minimum atomic E-state index is -0.986. The Morgan fingerprint density at radius 3 is 2.49 bits per heavy atom. The first kappa shape index (κ1) is 25.3. The molecule has 194 valence electrons. The van der Waals surface area contributed by atoms with Crippen LogP contribution in [-0.2, 0) is 9.59 Å². The number of aromatic nitrogens is 2. The van der Waals surface area contributed by atoms with Crippen molar-refractivity contribution in [2.45, 2.75) is 57.4 Å². The van der Waals surface area contributed by atoms with Gasteiger partial charge in [-0.15, -0.1) is 0 Å². The summed E-state index contributed by atoms with van der Waals surface area (Å²) < 4.78 is 20.6. The maximum Gasteiger partial charge on any atom is 0.304 e. The Hall–Kier alpha value is -3.33. The van der Waals surface area contributed by atoms with Crippen molar-refractivity contribution >= 4 is 28.3 Å². The van der Waals surface area contributed by atoms with Crippen LogP contribution in [0.5, 0.6) is 5.88 Å². The molecule has 5 rings (SSSR count). The molecule has 0 bridgehead atoms. The van der Waals surface area contributed by atoms with Gasteiger partial charge in [0.05, 0.1) is 13.5 Å². The van der Waals surface area contributed by atoms with Crippen molar-refractivity contribution < 1.29 is 23.8 Å². The zero-order chi connectivity index (χ0) is 25.9. The molecule has 2 heterocycles. The first-order chi connectivity index (χ1) is 17.9. The van der Waals surface area contributed by atoms with Crippen LogP contribution < -0.4 is 9.64 Å². The van der Waals surface area contributed by atoms with E-state index in [1.807, 2.05) is 24.3 Å².